The number of hydrogen-bond donors (Lipinski definition) is 1. The van der Waals surface area contributed by atoms with Crippen molar-refractivity contribution in [2.24, 2.45) is 7.05 Å². The third-order valence-electron chi connectivity index (χ3n) is 2.83. The summed E-state index contributed by atoms with van der Waals surface area (Å²) < 4.78 is 1.92. The standard InChI is InChI=1S/C13H17N3O/c1-3-4-9-14-13-15-12(17)10-7-5-6-8-11(10)16(13)2/h5-8H,3-4,9H2,1-2H3,(H,14,15,17). The highest BCUT2D eigenvalue weighted by Crippen LogP contribution is 2.12. The zero-order valence-corrected chi connectivity index (χ0v) is 10.2. The Kier molecular flexibility index (Phi) is 3.42. The average Bonchev–Trinajstić information content (AvgIpc) is 2.36. The Bertz CT molecular complexity index is 574. The van der Waals surface area contributed by atoms with E-state index in [1.54, 1.807) is 6.07 Å². The minimum atomic E-state index is -0.169. The molecular formula is C13H17N3O. The van der Waals surface area contributed by atoms with Crippen LogP contribution in [0.25, 0.3) is 10.9 Å². The molecule has 1 aromatic carbocycles. The molecule has 1 aromatic heterocycles. The largest absolute Gasteiger partial charge is 0.356 e. The van der Waals surface area contributed by atoms with E-state index in [4.69, 9.17) is 0 Å². The Balaban J connectivity index is 2.44. The number of rotatable bonds is 4. The van der Waals surface area contributed by atoms with E-state index >= 15 is 0 Å². The van der Waals surface area contributed by atoms with Gasteiger partial charge in [-0.3, -0.25) is 4.79 Å². The second kappa shape index (κ2) is 4.99. The molecule has 0 spiro atoms. The second-order valence-electron chi connectivity index (χ2n) is 4.10. The van der Waals surface area contributed by atoms with Gasteiger partial charge in [-0.15, -0.1) is 0 Å². The lowest BCUT2D eigenvalue weighted by Crippen LogP contribution is -2.18. The molecule has 2 aromatic rings. The first-order valence-electron chi connectivity index (χ1n) is 5.93. The van der Waals surface area contributed by atoms with Gasteiger partial charge in [0.2, 0.25) is 5.95 Å². The fourth-order valence-corrected chi connectivity index (χ4v) is 1.83. The summed E-state index contributed by atoms with van der Waals surface area (Å²) in [6.07, 6.45) is 2.19. The Labute approximate surface area is 100 Å². The van der Waals surface area contributed by atoms with Crippen LogP contribution in [-0.4, -0.2) is 16.1 Å². The molecule has 0 radical (unpaired) electrons. The monoisotopic (exact) mass is 231 g/mol. The summed E-state index contributed by atoms with van der Waals surface area (Å²) in [7, 11) is 1.92. The van der Waals surface area contributed by atoms with Crippen molar-refractivity contribution in [3.63, 3.8) is 0 Å². The molecule has 0 unspecified atom stereocenters. The lowest BCUT2D eigenvalue weighted by atomic mass is 10.2. The molecule has 4 heteroatoms. The highest BCUT2D eigenvalue weighted by molar-refractivity contribution is 5.79. The first-order chi connectivity index (χ1) is 8.24. The zero-order valence-electron chi connectivity index (χ0n) is 10.2. The van der Waals surface area contributed by atoms with Gasteiger partial charge < -0.3 is 9.88 Å². The number of hydrogen-bond acceptors (Lipinski definition) is 3. The van der Waals surface area contributed by atoms with Crippen LogP contribution in [0.5, 0.6) is 0 Å². The summed E-state index contributed by atoms with van der Waals surface area (Å²) in [5.74, 6) is 0.641. The van der Waals surface area contributed by atoms with Crippen LogP contribution in [0.15, 0.2) is 29.1 Å². The van der Waals surface area contributed by atoms with E-state index in [9.17, 15) is 4.79 Å². The van der Waals surface area contributed by atoms with E-state index < -0.39 is 0 Å². The average molecular weight is 231 g/mol. The Morgan fingerprint density at radius 3 is 2.88 bits per heavy atom. The quantitative estimate of drug-likeness (QED) is 0.820. The molecular weight excluding hydrogens is 214 g/mol. The summed E-state index contributed by atoms with van der Waals surface area (Å²) in [6, 6.07) is 7.52. The summed E-state index contributed by atoms with van der Waals surface area (Å²) >= 11 is 0. The van der Waals surface area contributed by atoms with Crippen LogP contribution in [0.2, 0.25) is 0 Å². The molecule has 90 valence electrons. The van der Waals surface area contributed by atoms with Crippen molar-refractivity contribution < 1.29 is 0 Å². The molecule has 0 aliphatic rings. The van der Waals surface area contributed by atoms with Crippen molar-refractivity contribution in [2.75, 3.05) is 11.9 Å². The SMILES string of the molecule is CCCCNc1nc(=O)c2ccccc2n1C. The topological polar surface area (TPSA) is 46.9 Å². The highest BCUT2D eigenvalue weighted by Gasteiger charge is 2.06. The fourth-order valence-electron chi connectivity index (χ4n) is 1.83. The lowest BCUT2D eigenvalue weighted by molar-refractivity contribution is 0.807. The third kappa shape index (κ3) is 2.30. The summed E-state index contributed by atoms with van der Waals surface area (Å²) in [4.78, 5) is 15.9. The smallest absolute Gasteiger partial charge is 0.282 e. The number of aryl methyl sites for hydroxylation is 1. The maximum absolute atomic E-state index is 11.8. The van der Waals surface area contributed by atoms with Crippen LogP contribution in [0.4, 0.5) is 5.95 Å². The van der Waals surface area contributed by atoms with E-state index in [0.29, 0.717) is 11.3 Å². The summed E-state index contributed by atoms with van der Waals surface area (Å²) in [6.45, 7) is 2.98. The van der Waals surface area contributed by atoms with E-state index in [0.717, 1.165) is 24.9 Å². The predicted molar refractivity (Wildman–Crippen MR) is 70.4 cm³/mol. The van der Waals surface area contributed by atoms with Gasteiger partial charge in [0.15, 0.2) is 0 Å². The number of anilines is 1. The van der Waals surface area contributed by atoms with Gasteiger partial charge in [0.1, 0.15) is 0 Å². The van der Waals surface area contributed by atoms with Crippen LogP contribution >= 0.6 is 0 Å². The maximum Gasteiger partial charge on any atom is 0.282 e. The molecule has 0 saturated carbocycles. The minimum absolute atomic E-state index is 0.169. The normalized spacial score (nSPS) is 10.7. The van der Waals surface area contributed by atoms with Gasteiger partial charge in [0.05, 0.1) is 10.9 Å². The van der Waals surface area contributed by atoms with Crippen LogP contribution < -0.4 is 10.9 Å². The van der Waals surface area contributed by atoms with Crippen LogP contribution in [0, 0.1) is 0 Å². The number of fused-ring (bicyclic) bond motifs is 1. The van der Waals surface area contributed by atoms with Gasteiger partial charge in [-0.05, 0) is 18.6 Å². The molecule has 1 N–H and O–H groups in total. The van der Waals surface area contributed by atoms with Crippen LogP contribution in [0.3, 0.4) is 0 Å². The number of para-hydroxylation sites is 1. The lowest BCUT2D eigenvalue weighted by Gasteiger charge is -2.12. The van der Waals surface area contributed by atoms with Crippen molar-refractivity contribution >= 4 is 16.9 Å². The van der Waals surface area contributed by atoms with Crippen molar-refractivity contribution in [3.05, 3.63) is 34.6 Å². The van der Waals surface area contributed by atoms with Crippen LogP contribution in [0.1, 0.15) is 19.8 Å². The molecule has 0 atom stereocenters. The van der Waals surface area contributed by atoms with Crippen molar-refractivity contribution in [3.8, 4) is 0 Å². The minimum Gasteiger partial charge on any atom is -0.356 e. The Morgan fingerprint density at radius 2 is 2.12 bits per heavy atom. The van der Waals surface area contributed by atoms with Gasteiger partial charge in [-0.1, -0.05) is 25.5 Å². The molecule has 17 heavy (non-hydrogen) atoms. The molecule has 4 nitrogen and oxygen atoms in total. The molecule has 1 heterocycles. The van der Waals surface area contributed by atoms with Crippen LogP contribution in [-0.2, 0) is 7.05 Å². The third-order valence-corrected chi connectivity index (χ3v) is 2.83. The first-order valence-corrected chi connectivity index (χ1v) is 5.93. The summed E-state index contributed by atoms with van der Waals surface area (Å²) in [5.41, 5.74) is 0.740. The van der Waals surface area contributed by atoms with Gasteiger partial charge in [-0.25, -0.2) is 0 Å². The van der Waals surface area contributed by atoms with Gasteiger partial charge in [0, 0.05) is 13.6 Å². The number of nitrogens with zero attached hydrogens (tertiary/aromatic N) is 2. The zero-order chi connectivity index (χ0) is 12.3. The Hall–Kier alpha value is -1.84. The van der Waals surface area contributed by atoms with Gasteiger partial charge >= 0.3 is 0 Å². The van der Waals surface area contributed by atoms with Crippen molar-refractivity contribution in [1.82, 2.24) is 9.55 Å². The van der Waals surface area contributed by atoms with E-state index in [1.807, 2.05) is 29.8 Å². The summed E-state index contributed by atoms with van der Waals surface area (Å²) in [5, 5.41) is 3.86. The second-order valence-corrected chi connectivity index (χ2v) is 4.10. The van der Waals surface area contributed by atoms with Crippen molar-refractivity contribution in [1.29, 1.82) is 0 Å². The molecule has 0 fully saturated rings. The van der Waals surface area contributed by atoms with Gasteiger partial charge in [-0.2, -0.15) is 4.98 Å². The molecule has 0 aliphatic carbocycles. The first kappa shape index (κ1) is 11.6. The van der Waals surface area contributed by atoms with E-state index in [2.05, 4.69) is 17.2 Å². The Morgan fingerprint density at radius 1 is 1.35 bits per heavy atom. The number of aromatic nitrogens is 2. The van der Waals surface area contributed by atoms with E-state index in [1.165, 1.54) is 0 Å². The maximum atomic E-state index is 11.8. The molecule has 0 saturated heterocycles. The fraction of sp³-hybridized carbons (Fsp3) is 0.385. The molecule has 0 amide bonds. The number of nitrogens with one attached hydrogen (secondary N) is 1. The molecule has 0 aliphatic heterocycles. The van der Waals surface area contributed by atoms with Crippen molar-refractivity contribution in [2.45, 2.75) is 19.8 Å². The van der Waals surface area contributed by atoms with E-state index in [-0.39, 0.29) is 5.56 Å². The number of benzene rings is 1. The van der Waals surface area contributed by atoms with Gasteiger partial charge in [0.25, 0.3) is 5.56 Å². The molecule has 2 rings (SSSR count). The molecule has 0 bridgehead atoms. The highest BCUT2D eigenvalue weighted by atomic mass is 16.1. The number of unbranched alkanes of at least 4 members (excludes halogenated alkanes) is 1. The predicted octanol–water partition coefficient (Wildman–Crippen LogP) is 2.15.